The normalized spacial score (nSPS) is 11.7. The summed E-state index contributed by atoms with van der Waals surface area (Å²) in [6, 6.07) is 4.13. The van der Waals surface area contributed by atoms with E-state index in [-0.39, 0.29) is 21.6 Å². The highest BCUT2D eigenvalue weighted by molar-refractivity contribution is 6.34. The Balaban J connectivity index is 2.29. The third kappa shape index (κ3) is 3.25. The highest BCUT2D eigenvalue weighted by Crippen LogP contribution is 2.35. The Bertz CT molecular complexity index is 1080. The highest BCUT2D eigenvalue weighted by atomic mass is 35.5. The van der Waals surface area contributed by atoms with Gasteiger partial charge in [-0.2, -0.15) is 23.0 Å². The minimum atomic E-state index is -4.81. The Labute approximate surface area is 155 Å². The lowest BCUT2D eigenvalue weighted by molar-refractivity contribution is -0.137. The number of hydrogen-bond donors (Lipinski definition) is 1. The molecule has 0 aliphatic heterocycles. The molecule has 0 amide bonds. The van der Waals surface area contributed by atoms with Crippen LogP contribution in [-0.4, -0.2) is 31.7 Å². The molecule has 140 valence electrons. The second kappa shape index (κ2) is 6.66. The first-order chi connectivity index (χ1) is 12.6. The molecule has 0 saturated heterocycles. The standard InChI is InChI=1S/C17H11ClF3N3O3/c1-2-11-14-12(6-8(7-22-14)16(26)27)24(23-11)15(25)13-9(17(19,20)21)4-3-5-10(13)18/h3-7H,2H2,1H3,(H,26,27). The summed E-state index contributed by atoms with van der Waals surface area (Å²) in [5, 5.41) is 12.8. The molecule has 0 bridgehead atoms. The van der Waals surface area contributed by atoms with Gasteiger partial charge in [0.05, 0.1) is 32.9 Å². The van der Waals surface area contributed by atoms with Gasteiger partial charge in [-0.25, -0.2) is 4.79 Å². The van der Waals surface area contributed by atoms with Crippen LogP contribution in [0.2, 0.25) is 5.02 Å². The monoisotopic (exact) mass is 397 g/mol. The number of carbonyl (C=O) groups is 2. The number of nitrogens with zero attached hydrogens (tertiary/aromatic N) is 3. The lowest BCUT2D eigenvalue weighted by Gasteiger charge is -2.13. The fraction of sp³-hybridized carbons (Fsp3) is 0.176. The summed E-state index contributed by atoms with van der Waals surface area (Å²) in [6.07, 6.45) is -3.38. The van der Waals surface area contributed by atoms with E-state index < -0.39 is 29.2 Å². The van der Waals surface area contributed by atoms with Crippen LogP contribution in [0.4, 0.5) is 13.2 Å². The molecule has 6 nitrogen and oxygen atoms in total. The smallest absolute Gasteiger partial charge is 0.417 e. The first-order valence-electron chi connectivity index (χ1n) is 7.66. The van der Waals surface area contributed by atoms with Gasteiger partial charge in [0.15, 0.2) is 0 Å². The average Bonchev–Trinajstić information content (AvgIpc) is 2.98. The zero-order valence-corrected chi connectivity index (χ0v) is 14.5. The summed E-state index contributed by atoms with van der Waals surface area (Å²) in [4.78, 5) is 28.1. The molecule has 0 atom stereocenters. The maximum absolute atomic E-state index is 13.3. The molecule has 2 heterocycles. The number of aromatic carboxylic acids is 1. The van der Waals surface area contributed by atoms with Gasteiger partial charge in [0.2, 0.25) is 0 Å². The van der Waals surface area contributed by atoms with E-state index >= 15 is 0 Å². The molecule has 0 unspecified atom stereocenters. The number of halogens is 4. The van der Waals surface area contributed by atoms with Crippen LogP contribution in [0.25, 0.3) is 11.0 Å². The minimum absolute atomic E-state index is 0.00945. The molecule has 0 saturated carbocycles. The lowest BCUT2D eigenvalue weighted by Crippen LogP contribution is -2.20. The number of pyridine rings is 1. The van der Waals surface area contributed by atoms with Gasteiger partial charge in [-0.05, 0) is 24.6 Å². The van der Waals surface area contributed by atoms with Gasteiger partial charge in [-0.3, -0.25) is 9.78 Å². The Kier molecular flexibility index (Phi) is 4.64. The van der Waals surface area contributed by atoms with Crippen molar-refractivity contribution >= 4 is 34.5 Å². The number of carboxylic acids is 1. The maximum Gasteiger partial charge on any atom is 0.417 e. The molecule has 2 aromatic heterocycles. The van der Waals surface area contributed by atoms with E-state index in [9.17, 15) is 22.8 Å². The van der Waals surface area contributed by atoms with Crippen LogP contribution in [-0.2, 0) is 12.6 Å². The van der Waals surface area contributed by atoms with Crippen LogP contribution < -0.4 is 0 Å². The van der Waals surface area contributed by atoms with Gasteiger partial charge in [0.25, 0.3) is 5.91 Å². The number of rotatable bonds is 3. The molecule has 0 radical (unpaired) electrons. The molecule has 0 aliphatic rings. The SMILES string of the molecule is CCc1nn(C(=O)c2c(Cl)cccc2C(F)(F)F)c2cc(C(=O)O)cnc12. The topological polar surface area (TPSA) is 85.1 Å². The molecule has 1 aromatic carbocycles. The second-order valence-corrected chi connectivity index (χ2v) is 5.98. The zero-order chi connectivity index (χ0) is 19.9. The Morgan fingerprint density at radius 2 is 2.00 bits per heavy atom. The van der Waals surface area contributed by atoms with E-state index in [1.165, 1.54) is 0 Å². The summed E-state index contributed by atoms with van der Waals surface area (Å²) >= 11 is 5.88. The third-order valence-corrected chi connectivity index (χ3v) is 4.21. The molecule has 0 fully saturated rings. The molecule has 0 spiro atoms. The van der Waals surface area contributed by atoms with Gasteiger partial charge in [0.1, 0.15) is 5.52 Å². The van der Waals surface area contributed by atoms with E-state index in [0.717, 1.165) is 30.5 Å². The van der Waals surface area contributed by atoms with E-state index in [4.69, 9.17) is 16.7 Å². The number of aromatic nitrogens is 3. The van der Waals surface area contributed by atoms with Gasteiger partial charge >= 0.3 is 12.1 Å². The first-order valence-corrected chi connectivity index (χ1v) is 8.04. The van der Waals surface area contributed by atoms with Gasteiger partial charge < -0.3 is 5.11 Å². The number of benzene rings is 1. The largest absolute Gasteiger partial charge is 0.478 e. The Hall–Kier alpha value is -2.94. The van der Waals surface area contributed by atoms with Crippen LogP contribution in [0.3, 0.4) is 0 Å². The zero-order valence-electron chi connectivity index (χ0n) is 13.7. The molecular weight excluding hydrogens is 387 g/mol. The van der Waals surface area contributed by atoms with Crippen molar-refractivity contribution in [2.24, 2.45) is 0 Å². The number of alkyl halides is 3. The summed E-state index contributed by atoms with van der Waals surface area (Å²) < 4.78 is 40.7. The summed E-state index contributed by atoms with van der Waals surface area (Å²) in [5.74, 6) is -2.42. The number of hydrogen-bond acceptors (Lipinski definition) is 4. The van der Waals surface area contributed by atoms with Crippen molar-refractivity contribution in [3.8, 4) is 0 Å². The average molecular weight is 398 g/mol. The van der Waals surface area contributed by atoms with Crippen molar-refractivity contribution in [1.82, 2.24) is 14.8 Å². The maximum atomic E-state index is 13.3. The lowest BCUT2D eigenvalue weighted by atomic mass is 10.1. The van der Waals surface area contributed by atoms with Crippen molar-refractivity contribution in [3.05, 3.63) is 57.9 Å². The van der Waals surface area contributed by atoms with Crippen molar-refractivity contribution in [1.29, 1.82) is 0 Å². The van der Waals surface area contributed by atoms with Crippen molar-refractivity contribution in [3.63, 3.8) is 0 Å². The highest BCUT2D eigenvalue weighted by Gasteiger charge is 2.37. The van der Waals surface area contributed by atoms with Crippen LogP contribution in [0.5, 0.6) is 0 Å². The molecule has 10 heteroatoms. The van der Waals surface area contributed by atoms with Crippen LogP contribution in [0.15, 0.2) is 30.5 Å². The number of carbonyl (C=O) groups excluding carboxylic acids is 1. The van der Waals surface area contributed by atoms with E-state index in [2.05, 4.69) is 10.1 Å². The minimum Gasteiger partial charge on any atom is -0.478 e. The van der Waals surface area contributed by atoms with Crippen LogP contribution in [0.1, 0.15) is 38.9 Å². The van der Waals surface area contributed by atoms with Gasteiger partial charge in [-0.1, -0.05) is 24.6 Å². The van der Waals surface area contributed by atoms with Crippen LogP contribution >= 0.6 is 11.6 Å². The quantitative estimate of drug-likeness (QED) is 0.720. The van der Waals surface area contributed by atoms with E-state index in [1.807, 2.05) is 0 Å². The number of fused-ring (bicyclic) bond motifs is 1. The number of carboxylic acid groups (broad SMARTS) is 1. The fourth-order valence-corrected chi connectivity index (χ4v) is 2.91. The molecule has 3 rings (SSSR count). The Morgan fingerprint density at radius 1 is 1.30 bits per heavy atom. The third-order valence-electron chi connectivity index (χ3n) is 3.90. The number of aryl methyl sites for hydroxylation is 1. The van der Waals surface area contributed by atoms with E-state index in [0.29, 0.717) is 16.8 Å². The van der Waals surface area contributed by atoms with Crippen LogP contribution in [0, 0.1) is 0 Å². The predicted molar refractivity (Wildman–Crippen MR) is 90.0 cm³/mol. The summed E-state index contributed by atoms with van der Waals surface area (Å²) in [7, 11) is 0. The summed E-state index contributed by atoms with van der Waals surface area (Å²) in [5.41, 5.74) is -1.63. The van der Waals surface area contributed by atoms with Gasteiger partial charge in [0, 0.05) is 6.20 Å². The van der Waals surface area contributed by atoms with Crippen molar-refractivity contribution in [2.45, 2.75) is 19.5 Å². The van der Waals surface area contributed by atoms with Gasteiger partial charge in [-0.15, -0.1) is 0 Å². The first kappa shape index (κ1) is 18.8. The molecule has 1 N–H and O–H groups in total. The second-order valence-electron chi connectivity index (χ2n) is 5.57. The predicted octanol–water partition coefficient (Wildman–Crippen LogP) is 4.05. The Morgan fingerprint density at radius 3 is 2.59 bits per heavy atom. The van der Waals surface area contributed by atoms with E-state index in [1.54, 1.807) is 6.92 Å². The molecule has 27 heavy (non-hydrogen) atoms. The fourth-order valence-electron chi connectivity index (χ4n) is 2.65. The van der Waals surface area contributed by atoms with Crippen molar-refractivity contribution < 1.29 is 27.9 Å². The molecule has 0 aliphatic carbocycles. The molecule has 3 aromatic rings. The molecular formula is C17H11ClF3N3O3. The summed E-state index contributed by atoms with van der Waals surface area (Å²) in [6.45, 7) is 1.72. The van der Waals surface area contributed by atoms with Crippen molar-refractivity contribution in [2.75, 3.05) is 0 Å².